The average molecular weight is 287 g/mol. The Labute approximate surface area is 122 Å². The Balaban J connectivity index is 2.47. The first-order chi connectivity index (χ1) is 9.88. The molecule has 6 nitrogen and oxygen atoms in total. The van der Waals surface area contributed by atoms with Gasteiger partial charge in [0.25, 0.3) is 5.69 Å². The van der Waals surface area contributed by atoms with Gasteiger partial charge in [-0.05, 0) is 43.2 Å². The molecule has 0 atom stereocenters. The number of nitro groups is 1. The van der Waals surface area contributed by atoms with Crippen LogP contribution in [0.15, 0.2) is 33.8 Å². The van der Waals surface area contributed by atoms with Crippen LogP contribution in [0, 0.1) is 24.0 Å². The average Bonchev–Trinajstić information content (AvgIpc) is 2.87. The number of benzene rings is 1. The Morgan fingerprint density at radius 3 is 2.52 bits per heavy atom. The van der Waals surface area contributed by atoms with Crippen LogP contribution in [0.2, 0.25) is 0 Å². The third kappa shape index (κ3) is 3.28. The van der Waals surface area contributed by atoms with Crippen LogP contribution in [0.25, 0.3) is 11.3 Å². The summed E-state index contributed by atoms with van der Waals surface area (Å²) in [5.74, 6) is 1.01. The van der Waals surface area contributed by atoms with Crippen molar-refractivity contribution in [1.82, 2.24) is 5.01 Å². The maximum Gasteiger partial charge on any atom is 0.280 e. The molecule has 0 N–H and O–H groups in total. The Bertz CT molecular complexity index is 702. The molecule has 0 spiro atoms. The summed E-state index contributed by atoms with van der Waals surface area (Å²) >= 11 is 0. The summed E-state index contributed by atoms with van der Waals surface area (Å²) in [6, 6.07) is 6.80. The molecule has 0 aliphatic rings. The molecule has 110 valence electrons. The van der Waals surface area contributed by atoms with E-state index in [2.05, 4.69) is 5.10 Å². The van der Waals surface area contributed by atoms with E-state index in [0.29, 0.717) is 17.1 Å². The number of aryl methyl sites for hydroxylation is 2. The monoisotopic (exact) mass is 287 g/mol. The van der Waals surface area contributed by atoms with Crippen LogP contribution in [0.1, 0.15) is 16.9 Å². The fraction of sp³-hybridized carbons (Fsp3) is 0.267. The van der Waals surface area contributed by atoms with Gasteiger partial charge in [-0.25, -0.2) is 0 Å². The number of furan rings is 1. The second kappa shape index (κ2) is 5.78. The van der Waals surface area contributed by atoms with E-state index in [1.807, 2.05) is 13.8 Å². The first kappa shape index (κ1) is 14.8. The molecule has 0 saturated heterocycles. The van der Waals surface area contributed by atoms with Gasteiger partial charge >= 0.3 is 0 Å². The van der Waals surface area contributed by atoms with E-state index in [0.717, 1.165) is 11.1 Å². The van der Waals surface area contributed by atoms with Crippen LogP contribution in [-0.4, -0.2) is 30.2 Å². The minimum Gasteiger partial charge on any atom is -0.455 e. The Kier molecular flexibility index (Phi) is 4.07. The quantitative estimate of drug-likeness (QED) is 0.491. The van der Waals surface area contributed by atoms with Crippen molar-refractivity contribution in [2.45, 2.75) is 13.8 Å². The molecule has 1 aromatic carbocycles. The summed E-state index contributed by atoms with van der Waals surface area (Å²) in [5, 5.41) is 16.9. The highest BCUT2D eigenvalue weighted by Crippen LogP contribution is 2.33. The lowest BCUT2D eigenvalue weighted by Gasteiger charge is -2.05. The molecule has 21 heavy (non-hydrogen) atoms. The van der Waals surface area contributed by atoms with Gasteiger partial charge in [-0.1, -0.05) is 0 Å². The van der Waals surface area contributed by atoms with Gasteiger partial charge < -0.3 is 9.43 Å². The Hall–Kier alpha value is -2.63. The number of nitrogens with zero attached hydrogens (tertiary/aromatic N) is 3. The molecule has 0 radical (unpaired) electrons. The summed E-state index contributed by atoms with van der Waals surface area (Å²) in [6.07, 6.45) is 1.57. The van der Waals surface area contributed by atoms with Crippen molar-refractivity contribution in [3.63, 3.8) is 0 Å². The van der Waals surface area contributed by atoms with Crippen molar-refractivity contribution in [3.05, 3.63) is 51.3 Å². The van der Waals surface area contributed by atoms with E-state index >= 15 is 0 Å². The molecule has 0 fully saturated rings. The zero-order chi connectivity index (χ0) is 15.6. The maximum absolute atomic E-state index is 11.2. The molecule has 0 unspecified atom stereocenters. The second-order valence-electron chi connectivity index (χ2n) is 5.00. The highest BCUT2D eigenvalue weighted by Gasteiger charge is 2.19. The van der Waals surface area contributed by atoms with E-state index in [9.17, 15) is 10.1 Å². The lowest BCUT2D eigenvalue weighted by molar-refractivity contribution is -0.384. The number of hydrazone groups is 1. The van der Waals surface area contributed by atoms with Crippen molar-refractivity contribution in [1.29, 1.82) is 0 Å². The van der Waals surface area contributed by atoms with Crippen LogP contribution < -0.4 is 0 Å². The van der Waals surface area contributed by atoms with Gasteiger partial charge in [0.2, 0.25) is 0 Å². The SMILES string of the molecule is Cc1cc(-c2ccc(C=NN(C)C)o2)c([N+](=O)[O-])cc1C. The molecule has 0 aliphatic carbocycles. The van der Waals surface area contributed by atoms with E-state index in [1.54, 1.807) is 49.6 Å². The third-order valence-electron chi connectivity index (χ3n) is 3.12. The summed E-state index contributed by atoms with van der Waals surface area (Å²) in [7, 11) is 3.60. The predicted molar refractivity (Wildman–Crippen MR) is 81.6 cm³/mol. The van der Waals surface area contributed by atoms with Crippen molar-refractivity contribution >= 4 is 11.9 Å². The van der Waals surface area contributed by atoms with Crippen LogP contribution in [0.4, 0.5) is 5.69 Å². The molecule has 0 aliphatic heterocycles. The van der Waals surface area contributed by atoms with Gasteiger partial charge in [0.1, 0.15) is 11.5 Å². The number of rotatable bonds is 4. The van der Waals surface area contributed by atoms with Gasteiger partial charge in [0, 0.05) is 20.2 Å². The predicted octanol–water partition coefficient (Wildman–Crippen LogP) is 3.37. The van der Waals surface area contributed by atoms with Gasteiger partial charge in [-0.15, -0.1) is 0 Å². The molecule has 0 saturated carbocycles. The van der Waals surface area contributed by atoms with Crippen LogP contribution in [0.5, 0.6) is 0 Å². The zero-order valence-corrected chi connectivity index (χ0v) is 12.5. The summed E-state index contributed by atoms with van der Waals surface area (Å²) in [5.41, 5.74) is 2.39. The summed E-state index contributed by atoms with van der Waals surface area (Å²) in [6.45, 7) is 3.77. The van der Waals surface area contributed by atoms with Crippen LogP contribution >= 0.6 is 0 Å². The fourth-order valence-corrected chi connectivity index (χ4v) is 1.89. The van der Waals surface area contributed by atoms with Crippen molar-refractivity contribution in [3.8, 4) is 11.3 Å². The molecule has 1 heterocycles. The molecule has 6 heteroatoms. The van der Waals surface area contributed by atoms with E-state index < -0.39 is 4.92 Å². The molecule has 2 rings (SSSR count). The molecular formula is C15H17N3O3. The zero-order valence-electron chi connectivity index (χ0n) is 12.5. The highest BCUT2D eigenvalue weighted by atomic mass is 16.6. The largest absolute Gasteiger partial charge is 0.455 e. The van der Waals surface area contributed by atoms with Gasteiger partial charge in [0.15, 0.2) is 0 Å². The second-order valence-corrected chi connectivity index (χ2v) is 5.00. The number of nitro benzene ring substituents is 1. The number of hydrogen-bond donors (Lipinski definition) is 0. The molecule has 1 aromatic heterocycles. The Morgan fingerprint density at radius 1 is 1.24 bits per heavy atom. The molecule has 2 aromatic rings. The van der Waals surface area contributed by atoms with Crippen LogP contribution in [0.3, 0.4) is 0 Å². The summed E-state index contributed by atoms with van der Waals surface area (Å²) < 4.78 is 5.63. The van der Waals surface area contributed by atoms with Gasteiger partial charge in [-0.2, -0.15) is 5.10 Å². The summed E-state index contributed by atoms with van der Waals surface area (Å²) in [4.78, 5) is 10.8. The third-order valence-corrected chi connectivity index (χ3v) is 3.12. The lowest BCUT2D eigenvalue weighted by atomic mass is 10.0. The molecule has 0 bridgehead atoms. The Morgan fingerprint density at radius 2 is 1.90 bits per heavy atom. The van der Waals surface area contributed by atoms with E-state index in [4.69, 9.17) is 4.42 Å². The normalized spacial score (nSPS) is 11.0. The first-order valence-electron chi connectivity index (χ1n) is 6.45. The van der Waals surface area contributed by atoms with Crippen molar-refractivity contribution in [2.75, 3.05) is 14.1 Å². The molecular weight excluding hydrogens is 270 g/mol. The lowest BCUT2D eigenvalue weighted by Crippen LogP contribution is -2.01. The van der Waals surface area contributed by atoms with Crippen molar-refractivity contribution < 1.29 is 9.34 Å². The van der Waals surface area contributed by atoms with E-state index in [-0.39, 0.29) is 5.69 Å². The maximum atomic E-state index is 11.2. The number of hydrogen-bond acceptors (Lipinski definition) is 5. The minimum atomic E-state index is -0.391. The van der Waals surface area contributed by atoms with Crippen LogP contribution in [-0.2, 0) is 0 Å². The van der Waals surface area contributed by atoms with Gasteiger partial charge in [0.05, 0.1) is 16.7 Å². The topological polar surface area (TPSA) is 71.9 Å². The fourth-order valence-electron chi connectivity index (χ4n) is 1.89. The minimum absolute atomic E-state index is 0.0450. The van der Waals surface area contributed by atoms with E-state index in [1.165, 1.54) is 0 Å². The van der Waals surface area contributed by atoms with Crippen molar-refractivity contribution in [2.24, 2.45) is 5.10 Å². The highest BCUT2D eigenvalue weighted by molar-refractivity contribution is 5.79. The smallest absolute Gasteiger partial charge is 0.280 e. The van der Waals surface area contributed by atoms with Gasteiger partial charge in [-0.3, -0.25) is 10.1 Å². The standard InChI is InChI=1S/C15H17N3O3/c1-10-7-13(14(18(19)20)8-11(10)2)15-6-5-12(21-15)9-16-17(3)4/h5-9H,1-4H3. The first-order valence-corrected chi connectivity index (χ1v) is 6.45. The molecule has 0 amide bonds.